The second-order valence-electron chi connectivity index (χ2n) is 5.13. The average molecular weight is 350 g/mol. The van der Waals surface area contributed by atoms with Crippen molar-refractivity contribution >= 4 is 5.78 Å². The zero-order valence-corrected chi connectivity index (χ0v) is 15.3. The standard InChI is InChI=1S/C17H34O7/c1-3-5-19-7-9-21-11-13-23-15-16-24-14-12-22-10-8-20-6-4-17(2)18/h3-16H2,1-2H3. The average Bonchev–Trinajstić information content (AvgIpc) is 2.56. The monoisotopic (exact) mass is 350 g/mol. The fraction of sp³-hybridized carbons (Fsp3) is 0.941. The molecule has 0 bridgehead atoms. The first kappa shape index (κ1) is 23.4. The van der Waals surface area contributed by atoms with Crippen molar-refractivity contribution in [2.24, 2.45) is 0 Å². The van der Waals surface area contributed by atoms with Gasteiger partial charge in [0, 0.05) is 13.0 Å². The Morgan fingerprint density at radius 2 is 0.833 bits per heavy atom. The van der Waals surface area contributed by atoms with Crippen LogP contribution in [0, 0.1) is 0 Å². The van der Waals surface area contributed by atoms with Gasteiger partial charge in [0.1, 0.15) is 5.78 Å². The fourth-order valence-corrected chi connectivity index (χ4v) is 1.56. The molecule has 0 aromatic carbocycles. The smallest absolute Gasteiger partial charge is 0.132 e. The van der Waals surface area contributed by atoms with E-state index in [1.54, 1.807) is 6.92 Å². The maximum Gasteiger partial charge on any atom is 0.132 e. The van der Waals surface area contributed by atoms with Gasteiger partial charge in [-0.3, -0.25) is 4.79 Å². The Labute approximate surface area is 145 Å². The Balaban J connectivity index is 2.97. The van der Waals surface area contributed by atoms with Crippen LogP contribution in [-0.2, 0) is 33.2 Å². The topological polar surface area (TPSA) is 72.5 Å². The maximum absolute atomic E-state index is 10.7. The zero-order valence-electron chi connectivity index (χ0n) is 15.3. The Morgan fingerprint density at radius 1 is 0.542 bits per heavy atom. The molecule has 7 nitrogen and oxygen atoms in total. The van der Waals surface area contributed by atoms with Gasteiger partial charge >= 0.3 is 0 Å². The van der Waals surface area contributed by atoms with E-state index in [0.717, 1.165) is 13.0 Å². The highest BCUT2D eigenvalue weighted by atomic mass is 16.6. The second kappa shape index (κ2) is 20.5. The molecule has 0 saturated carbocycles. The maximum atomic E-state index is 10.7. The van der Waals surface area contributed by atoms with Crippen molar-refractivity contribution in [2.75, 3.05) is 79.3 Å². The molecular weight excluding hydrogens is 316 g/mol. The molecule has 24 heavy (non-hydrogen) atoms. The number of hydrogen-bond acceptors (Lipinski definition) is 7. The Kier molecular flexibility index (Phi) is 20.0. The van der Waals surface area contributed by atoms with Gasteiger partial charge in [-0.15, -0.1) is 0 Å². The van der Waals surface area contributed by atoms with E-state index in [1.807, 2.05) is 0 Å². The molecule has 0 amide bonds. The van der Waals surface area contributed by atoms with Crippen molar-refractivity contribution in [3.05, 3.63) is 0 Å². The molecule has 0 rings (SSSR count). The van der Waals surface area contributed by atoms with Crippen LogP contribution < -0.4 is 0 Å². The van der Waals surface area contributed by atoms with Crippen LogP contribution in [0.2, 0.25) is 0 Å². The van der Waals surface area contributed by atoms with Crippen molar-refractivity contribution in [1.82, 2.24) is 0 Å². The van der Waals surface area contributed by atoms with E-state index < -0.39 is 0 Å². The minimum Gasteiger partial charge on any atom is -0.379 e. The number of carbonyl (C=O) groups excluding carboxylic acids is 1. The summed E-state index contributed by atoms with van der Waals surface area (Å²) in [6, 6.07) is 0. The number of ether oxygens (including phenoxy) is 6. The third kappa shape index (κ3) is 21.4. The van der Waals surface area contributed by atoms with Crippen LogP contribution in [0.1, 0.15) is 26.7 Å². The minimum atomic E-state index is 0.138. The van der Waals surface area contributed by atoms with Gasteiger partial charge in [-0.1, -0.05) is 6.92 Å². The van der Waals surface area contributed by atoms with E-state index in [0.29, 0.717) is 79.1 Å². The molecular formula is C17H34O7. The zero-order chi connectivity index (χ0) is 17.7. The molecule has 0 fully saturated rings. The molecule has 0 aromatic rings. The molecule has 0 N–H and O–H groups in total. The first-order chi connectivity index (χ1) is 11.8. The summed E-state index contributed by atoms with van der Waals surface area (Å²) in [5, 5.41) is 0. The molecule has 0 radical (unpaired) electrons. The number of hydrogen-bond donors (Lipinski definition) is 0. The highest BCUT2D eigenvalue weighted by Gasteiger charge is 1.95. The predicted octanol–water partition coefficient (Wildman–Crippen LogP) is 1.48. The summed E-state index contributed by atoms with van der Waals surface area (Å²) < 4.78 is 32.0. The summed E-state index contributed by atoms with van der Waals surface area (Å²) in [6.45, 7) is 10.4. The molecule has 0 aliphatic carbocycles. The van der Waals surface area contributed by atoms with Crippen LogP contribution in [0.25, 0.3) is 0 Å². The van der Waals surface area contributed by atoms with Gasteiger partial charge in [-0.2, -0.15) is 0 Å². The van der Waals surface area contributed by atoms with E-state index >= 15 is 0 Å². The van der Waals surface area contributed by atoms with E-state index in [9.17, 15) is 4.79 Å². The molecule has 0 spiro atoms. The molecule has 7 heteroatoms. The number of Topliss-reactive ketones (excluding diaryl/α,β-unsaturated/α-hetero) is 1. The molecule has 0 saturated heterocycles. The lowest BCUT2D eigenvalue weighted by Gasteiger charge is -2.08. The van der Waals surface area contributed by atoms with Gasteiger partial charge < -0.3 is 28.4 Å². The third-order valence-corrected chi connectivity index (χ3v) is 2.81. The lowest BCUT2D eigenvalue weighted by atomic mass is 10.3. The Bertz CT molecular complexity index is 261. The van der Waals surface area contributed by atoms with Crippen LogP contribution in [0.3, 0.4) is 0 Å². The van der Waals surface area contributed by atoms with E-state index in [2.05, 4.69) is 6.92 Å². The number of ketones is 1. The highest BCUT2D eigenvalue weighted by molar-refractivity contribution is 5.75. The fourth-order valence-electron chi connectivity index (χ4n) is 1.56. The van der Waals surface area contributed by atoms with Crippen LogP contribution >= 0.6 is 0 Å². The molecule has 0 aliphatic heterocycles. The largest absolute Gasteiger partial charge is 0.379 e. The summed E-state index contributed by atoms with van der Waals surface area (Å²) in [6.07, 6.45) is 1.49. The lowest BCUT2D eigenvalue weighted by Crippen LogP contribution is -2.14. The summed E-state index contributed by atoms with van der Waals surface area (Å²) in [5.41, 5.74) is 0. The summed E-state index contributed by atoms with van der Waals surface area (Å²) in [7, 11) is 0. The van der Waals surface area contributed by atoms with Gasteiger partial charge in [0.25, 0.3) is 0 Å². The van der Waals surface area contributed by atoms with Gasteiger partial charge in [0.2, 0.25) is 0 Å². The van der Waals surface area contributed by atoms with Crippen LogP contribution in [0.4, 0.5) is 0 Å². The molecule has 0 aromatic heterocycles. The molecule has 0 heterocycles. The Morgan fingerprint density at radius 3 is 1.12 bits per heavy atom. The van der Waals surface area contributed by atoms with Crippen molar-refractivity contribution in [3.8, 4) is 0 Å². The SMILES string of the molecule is CCCOCCOCCOCCOCCOCCOCCC(C)=O. The lowest BCUT2D eigenvalue weighted by molar-refractivity contribution is -0.118. The molecule has 0 unspecified atom stereocenters. The summed E-state index contributed by atoms with van der Waals surface area (Å²) >= 11 is 0. The number of rotatable bonds is 20. The third-order valence-electron chi connectivity index (χ3n) is 2.81. The van der Waals surface area contributed by atoms with Crippen LogP contribution in [0.15, 0.2) is 0 Å². The van der Waals surface area contributed by atoms with Gasteiger partial charge in [-0.05, 0) is 13.3 Å². The number of carbonyl (C=O) groups is 1. The van der Waals surface area contributed by atoms with Gasteiger partial charge in [0.15, 0.2) is 0 Å². The van der Waals surface area contributed by atoms with Crippen molar-refractivity contribution < 1.29 is 33.2 Å². The minimum absolute atomic E-state index is 0.138. The first-order valence-corrected chi connectivity index (χ1v) is 8.73. The van der Waals surface area contributed by atoms with Gasteiger partial charge in [0.05, 0.1) is 72.7 Å². The predicted molar refractivity (Wildman–Crippen MR) is 90.5 cm³/mol. The molecule has 0 aliphatic rings. The van der Waals surface area contributed by atoms with E-state index in [4.69, 9.17) is 28.4 Å². The van der Waals surface area contributed by atoms with Crippen molar-refractivity contribution in [3.63, 3.8) is 0 Å². The van der Waals surface area contributed by atoms with E-state index in [-0.39, 0.29) is 5.78 Å². The summed E-state index contributed by atoms with van der Waals surface area (Å²) in [4.78, 5) is 10.7. The van der Waals surface area contributed by atoms with Gasteiger partial charge in [-0.25, -0.2) is 0 Å². The highest BCUT2D eigenvalue weighted by Crippen LogP contribution is 1.87. The first-order valence-electron chi connectivity index (χ1n) is 8.73. The van der Waals surface area contributed by atoms with Crippen LogP contribution in [-0.4, -0.2) is 85.1 Å². The molecule has 144 valence electrons. The molecule has 0 atom stereocenters. The van der Waals surface area contributed by atoms with Crippen molar-refractivity contribution in [1.29, 1.82) is 0 Å². The van der Waals surface area contributed by atoms with E-state index in [1.165, 1.54) is 0 Å². The van der Waals surface area contributed by atoms with Crippen molar-refractivity contribution in [2.45, 2.75) is 26.7 Å². The quantitative estimate of drug-likeness (QED) is 0.308. The normalized spacial score (nSPS) is 11.1. The second-order valence-corrected chi connectivity index (χ2v) is 5.13. The Hall–Kier alpha value is -0.570. The van der Waals surface area contributed by atoms with Crippen LogP contribution in [0.5, 0.6) is 0 Å². The summed E-state index contributed by atoms with van der Waals surface area (Å²) in [5.74, 6) is 0.138.